The summed E-state index contributed by atoms with van der Waals surface area (Å²) in [6, 6.07) is 10.1. The van der Waals surface area contributed by atoms with Crippen LogP contribution in [0.25, 0.3) is 11.3 Å². The molecular weight excluding hydrogens is 1000 g/mol. The van der Waals surface area contributed by atoms with Crippen LogP contribution in [0.4, 0.5) is 11.5 Å². The van der Waals surface area contributed by atoms with Gasteiger partial charge in [0.15, 0.2) is 11.0 Å². The molecule has 2 aromatic carbocycles. The molecule has 0 atom stereocenters. The maximum atomic E-state index is 13.9. The molecule has 1 fully saturated rings. The van der Waals surface area contributed by atoms with Crippen LogP contribution in [0.5, 0.6) is 0 Å². The Kier molecular flexibility index (Phi) is 21.1. The maximum absolute atomic E-state index is 13.9. The van der Waals surface area contributed by atoms with Gasteiger partial charge in [0.05, 0.1) is 37.4 Å². The summed E-state index contributed by atoms with van der Waals surface area (Å²) in [4.78, 5) is 99.1. The van der Waals surface area contributed by atoms with Gasteiger partial charge in [0.2, 0.25) is 11.8 Å². The van der Waals surface area contributed by atoms with E-state index in [-0.39, 0.29) is 170 Å². The fourth-order valence-electron chi connectivity index (χ4n) is 6.68. The Balaban J connectivity index is 0.0000109. The Labute approximate surface area is 404 Å². The van der Waals surface area contributed by atoms with E-state index in [0.717, 1.165) is 4.57 Å². The second kappa shape index (κ2) is 25.4. The molecule has 1 radical (unpaired) electrons. The quantitative estimate of drug-likeness (QED) is 0.0603. The molecule has 10 N–H and O–H groups in total. The Morgan fingerprint density at radius 3 is 1.66 bits per heavy atom. The summed E-state index contributed by atoms with van der Waals surface area (Å²) in [5.74, 6) is -6.21. The van der Waals surface area contributed by atoms with Gasteiger partial charge in [0.1, 0.15) is 12.4 Å². The second-order valence-corrected chi connectivity index (χ2v) is 15.5. The summed E-state index contributed by atoms with van der Waals surface area (Å²) in [6.07, 6.45) is 0. The number of amidine groups is 1. The number of aromatic carboxylic acids is 1. The van der Waals surface area contributed by atoms with Gasteiger partial charge in [-0.3, -0.25) is 58.3 Å². The van der Waals surface area contributed by atoms with Crippen molar-refractivity contribution in [1.82, 2.24) is 34.5 Å². The van der Waals surface area contributed by atoms with E-state index in [1.807, 2.05) is 0 Å². The summed E-state index contributed by atoms with van der Waals surface area (Å²) >= 11 is 6.71. The first-order valence-corrected chi connectivity index (χ1v) is 20.2. The van der Waals surface area contributed by atoms with Crippen molar-refractivity contribution in [2.75, 3.05) is 89.2 Å². The zero-order valence-electron chi connectivity index (χ0n) is 35.2. The maximum Gasteiger partial charge on any atom is 3.00 e. The molecule has 3 aromatic rings. The van der Waals surface area contributed by atoms with Crippen LogP contribution in [-0.2, 0) is 37.1 Å². The van der Waals surface area contributed by atoms with Crippen molar-refractivity contribution in [3.8, 4) is 11.3 Å². The summed E-state index contributed by atoms with van der Waals surface area (Å²) in [7, 11) is 0. The first-order valence-electron chi connectivity index (χ1n) is 19.8. The molecule has 2 heterocycles. The monoisotopic (exact) mass is 1060 g/mol. The number of nitrogens with zero attached hydrogens (tertiary/aromatic N) is 6. The Hall–Kier alpha value is -5.14. The van der Waals surface area contributed by atoms with E-state index >= 15 is 0 Å². The molecule has 64 heavy (non-hydrogen) atoms. The van der Waals surface area contributed by atoms with Gasteiger partial charge in [-0.15, -0.1) is 0 Å². The number of aliphatic carboxylic acids is 3. The first kappa shape index (κ1) is 53.2. The summed E-state index contributed by atoms with van der Waals surface area (Å²) < 4.78 is 1.05. The fourth-order valence-corrected chi connectivity index (χ4v) is 6.98. The summed E-state index contributed by atoms with van der Waals surface area (Å²) in [6.45, 7) is 3.03. The molecule has 345 valence electrons. The van der Waals surface area contributed by atoms with Crippen molar-refractivity contribution in [1.29, 1.82) is 5.41 Å². The van der Waals surface area contributed by atoms with Crippen LogP contribution in [0.2, 0.25) is 5.15 Å². The van der Waals surface area contributed by atoms with Crippen LogP contribution in [0.15, 0.2) is 47.3 Å². The van der Waals surface area contributed by atoms with E-state index in [1.165, 1.54) is 18.2 Å². The van der Waals surface area contributed by atoms with E-state index in [1.54, 1.807) is 57.7 Å². The average molecular weight is 1060 g/mol. The average Bonchev–Trinajstić information content (AvgIpc) is 3.19. The van der Waals surface area contributed by atoms with Gasteiger partial charge in [-0.25, -0.2) is 9.78 Å². The number of carbonyl (C=O) groups excluding carboxylic acids is 2. The van der Waals surface area contributed by atoms with E-state index < -0.39 is 47.8 Å². The molecule has 22 nitrogen and oxygen atoms in total. The number of halogens is 1. The minimum atomic E-state index is -1.39. The van der Waals surface area contributed by atoms with Crippen molar-refractivity contribution in [2.24, 2.45) is 5.73 Å². The van der Waals surface area contributed by atoms with E-state index in [4.69, 9.17) is 22.7 Å². The van der Waals surface area contributed by atoms with Crippen LogP contribution in [-0.4, -0.2) is 176 Å². The first-order chi connectivity index (χ1) is 29.8. The largest absolute Gasteiger partial charge is 3.00 e. The van der Waals surface area contributed by atoms with Crippen LogP contribution in [0, 0.1) is 45.3 Å². The number of rotatable bonds is 18. The zero-order chi connectivity index (χ0) is 46.4. The molecule has 4 rings (SSSR count). The van der Waals surface area contributed by atoms with Gasteiger partial charge in [0.25, 0.3) is 5.56 Å². The molecule has 0 aliphatic carbocycles. The molecule has 2 amide bonds. The smallest absolute Gasteiger partial charge is 0.480 e. The molecule has 1 saturated heterocycles. The summed E-state index contributed by atoms with van der Waals surface area (Å²) in [5, 5.41) is 54.3. The van der Waals surface area contributed by atoms with E-state index in [2.05, 4.69) is 20.9 Å². The standard InChI is InChI=1S/C40H52ClN11O11.Gd/c1-24(2)45-38-39(61)52(20-30(53)44-18-25-3-5-26(6-4-25)37(42)43)35(36(41)47-38)27-15-28(40(62)63)17-29(16-27)46-31(54)19-48-7-9-49(21-32(55)56)11-13-51(23-34(59)60)14-12-50(10-8-48)22-33(57)58;/h3-6,15-17,24H,7-14,18-23H2,1-2H3,(H3,42,43)(H,44,53)(H,45,47)(H,46,54)(H,55,56)(H,57,58)(H,59,60)(H,62,63);/q;+3. The number of nitrogen functional groups attached to an aromatic ring is 1. The number of carbonyl (C=O) groups is 6. The minimum absolute atomic E-state index is 0. The van der Waals surface area contributed by atoms with Gasteiger partial charge in [0, 0.05) is 81.8 Å². The number of nitrogens with two attached hydrogens (primary N) is 1. The van der Waals surface area contributed by atoms with Gasteiger partial charge < -0.3 is 42.1 Å². The van der Waals surface area contributed by atoms with E-state index in [9.17, 15) is 54.0 Å². The number of nitrogens with one attached hydrogen (secondary N) is 4. The molecule has 0 bridgehead atoms. The number of amides is 2. The van der Waals surface area contributed by atoms with Crippen molar-refractivity contribution >= 4 is 64.6 Å². The van der Waals surface area contributed by atoms with Crippen molar-refractivity contribution in [3.63, 3.8) is 0 Å². The van der Waals surface area contributed by atoms with Gasteiger partial charge in [-0.2, -0.15) is 0 Å². The van der Waals surface area contributed by atoms with Crippen LogP contribution < -0.4 is 27.2 Å². The predicted octanol–water partition coefficient (Wildman–Crippen LogP) is 0.0966. The molecule has 0 spiro atoms. The van der Waals surface area contributed by atoms with Gasteiger partial charge in [-0.1, -0.05) is 35.9 Å². The molecule has 0 saturated carbocycles. The van der Waals surface area contributed by atoms with Crippen LogP contribution in [0.3, 0.4) is 0 Å². The Morgan fingerprint density at radius 2 is 1.22 bits per heavy atom. The SMILES string of the molecule is CC(C)Nc1nc(Cl)c(-c2cc(NC(=O)CN3CCN(CC(=O)O)CCN(CC(=O)O)CCN(CC(=O)O)CC3)cc(C(=O)O)c2)n(CC(=O)NCc2ccc(C(=N)N)cc2)c1=O.[Gd+3]. The molecule has 24 heteroatoms. The third-order valence-electron chi connectivity index (χ3n) is 9.72. The predicted molar refractivity (Wildman–Crippen MR) is 231 cm³/mol. The number of hydrogen-bond donors (Lipinski definition) is 9. The number of aromatic nitrogens is 2. The number of benzene rings is 2. The normalized spacial score (nSPS) is 14.6. The molecular formula is C40H52ClGdN11O11+3. The van der Waals surface area contributed by atoms with Crippen LogP contribution >= 0.6 is 11.6 Å². The second-order valence-electron chi connectivity index (χ2n) is 15.1. The number of hydrogen-bond acceptors (Lipinski definition) is 14. The molecule has 1 aliphatic rings. The molecule has 1 aliphatic heterocycles. The fraction of sp³-hybridized carbons (Fsp3) is 0.425. The van der Waals surface area contributed by atoms with Crippen LogP contribution in [0.1, 0.15) is 35.3 Å². The van der Waals surface area contributed by atoms with E-state index in [0.29, 0.717) is 11.1 Å². The number of carboxylic acid groups (broad SMARTS) is 4. The van der Waals surface area contributed by atoms with Gasteiger partial charge >= 0.3 is 63.8 Å². The summed E-state index contributed by atoms with van der Waals surface area (Å²) in [5.41, 5.74) is 5.56. The van der Waals surface area contributed by atoms with Gasteiger partial charge in [-0.05, 0) is 37.6 Å². The van der Waals surface area contributed by atoms with Crippen molar-refractivity contribution < 1.29 is 89.1 Å². The third kappa shape index (κ3) is 17.1. The zero-order valence-corrected chi connectivity index (χ0v) is 38.2. The number of anilines is 2. The Bertz CT molecular complexity index is 2210. The van der Waals surface area contributed by atoms with Crippen molar-refractivity contribution in [2.45, 2.75) is 33.0 Å². The molecule has 1 aromatic heterocycles. The number of carboxylic acids is 4. The third-order valence-corrected chi connectivity index (χ3v) is 9.98. The topological polar surface area (TPSA) is 317 Å². The molecule has 0 unspecified atom stereocenters. The van der Waals surface area contributed by atoms with Crippen molar-refractivity contribution in [3.05, 3.63) is 74.7 Å². The Morgan fingerprint density at radius 1 is 0.734 bits per heavy atom. The minimum Gasteiger partial charge on any atom is -0.480 e.